The van der Waals surface area contributed by atoms with E-state index >= 15 is 0 Å². The number of fused-ring (bicyclic) bond motifs is 3. The highest BCUT2D eigenvalue weighted by Crippen LogP contribution is 2.43. The van der Waals surface area contributed by atoms with Crippen LogP contribution in [0.15, 0.2) is 152 Å². The maximum absolute atomic E-state index is 8.78. The Bertz CT molecular complexity index is 2650. The summed E-state index contributed by atoms with van der Waals surface area (Å²) in [5, 5.41) is 3.30. The van der Waals surface area contributed by atoms with Gasteiger partial charge in [-0.05, 0) is 79.2 Å². The van der Waals surface area contributed by atoms with Gasteiger partial charge in [-0.1, -0.05) is 134 Å². The number of rotatable bonds is 5. The zero-order chi connectivity index (χ0) is 37.4. The predicted octanol–water partition coefficient (Wildman–Crippen LogP) is 10.9. The largest absolute Gasteiger partial charge is 0.296 e. The highest BCUT2D eigenvalue weighted by atomic mass is 15.1. The molecule has 8 aromatic rings. The minimum atomic E-state index is -2.93. The van der Waals surface area contributed by atoms with Gasteiger partial charge in [-0.25, -0.2) is 4.98 Å². The van der Waals surface area contributed by atoms with Gasteiger partial charge in [0, 0.05) is 18.9 Å². The van der Waals surface area contributed by atoms with Crippen LogP contribution >= 0.6 is 0 Å². The smallest absolute Gasteiger partial charge is 0.114 e. The van der Waals surface area contributed by atoms with Gasteiger partial charge in [0.15, 0.2) is 0 Å². The number of aryl methyl sites for hydroxylation is 1. The summed E-state index contributed by atoms with van der Waals surface area (Å²) >= 11 is 0. The molecule has 0 aliphatic heterocycles. The Labute approximate surface area is 265 Å². The van der Waals surface area contributed by atoms with Crippen LogP contribution in [0.4, 0.5) is 0 Å². The second kappa shape index (κ2) is 10.4. The average molecular weight is 561 g/mol. The van der Waals surface area contributed by atoms with E-state index in [9.17, 15) is 0 Å². The molecule has 204 valence electrons. The molecule has 0 fully saturated rings. The SMILES string of the molecule is [2H]c1c([2H])c([2H])c(-c2c3ccccc3c(-c3ccc(-c4ccc(-n5c(C([2H])([2H])C([2H])([2H])[2H])nc6ccccc65)cc4)cc3)c3ccccc23)c([2H])c1[2H]. The first-order valence-corrected chi connectivity index (χ1v) is 14.0. The van der Waals surface area contributed by atoms with Crippen LogP contribution in [0.3, 0.4) is 0 Å². The van der Waals surface area contributed by atoms with E-state index < -0.39 is 19.3 Å². The Hall–Kier alpha value is -5.47. The van der Waals surface area contributed by atoms with Crippen LogP contribution in [0.25, 0.3) is 71.6 Å². The molecule has 1 heterocycles. The monoisotopic (exact) mass is 560 g/mol. The Morgan fingerprint density at radius 1 is 0.581 bits per heavy atom. The molecule has 2 heteroatoms. The van der Waals surface area contributed by atoms with Gasteiger partial charge in [0.25, 0.3) is 0 Å². The van der Waals surface area contributed by atoms with Crippen LogP contribution in [-0.2, 0) is 6.37 Å². The van der Waals surface area contributed by atoms with E-state index in [2.05, 4.69) is 4.98 Å². The minimum Gasteiger partial charge on any atom is -0.296 e. The number of benzene rings is 7. The van der Waals surface area contributed by atoms with Crippen LogP contribution in [0.1, 0.15) is 26.4 Å². The number of imidazole rings is 1. The fourth-order valence-corrected chi connectivity index (χ4v) is 6.09. The second-order valence-corrected chi connectivity index (χ2v) is 10.3. The third-order valence-electron chi connectivity index (χ3n) is 7.99. The van der Waals surface area contributed by atoms with Crippen molar-refractivity contribution >= 4 is 32.6 Å². The van der Waals surface area contributed by atoms with Crippen molar-refractivity contribution in [2.24, 2.45) is 0 Å². The summed E-state index contributed by atoms with van der Waals surface area (Å²) in [5.41, 5.74) is 6.16. The van der Waals surface area contributed by atoms with Gasteiger partial charge in [-0.15, -0.1) is 0 Å². The molecule has 43 heavy (non-hydrogen) atoms. The first-order chi connectivity index (χ1) is 25.3. The molecule has 0 spiro atoms. The molecule has 0 unspecified atom stereocenters. The van der Waals surface area contributed by atoms with E-state index in [1.54, 1.807) is 28.8 Å². The van der Waals surface area contributed by atoms with Crippen molar-refractivity contribution in [3.05, 3.63) is 157 Å². The molecule has 1 aromatic heterocycles. The molecule has 0 radical (unpaired) electrons. The maximum Gasteiger partial charge on any atom is 0.114 e. The lowest BCUT2D eigenvalue weighted by Crippen LogP contribution is -1.99. The molecule has 0 atom stereocenters. The topological polar surface area (TPSA) is 17.8 Å². The molecule has 0 saturated carbocycles. The van der Waals surface area contributed by atoms with Crippen molar-refractivity contribution < 1.29 is 13.7 Å². The fourth-order valence-electron chi connectivity index (χ4n) is 6.09. The van der Waals surface area contributed by atoms with Crippen molar-refractivity contribution in [1.82, 2.24) is 9.55 Å². The van der Waals surface area contributed by atoms with Crippen molar-refractivity contribution in [3.63, 3.8) is 0 Å². The summed E-state index contributed by atoms with van der Waals surface area (Å²) in [6, 6.07) is 36.5. The van der Waals surface area contributed by atoms with Gasteiger partial charge in [0.05, 0.1) is 17.9 Å². The first kappa shape index (κ1) is 16.8. The zero-order valence-electron chi connectivity index (χ0n) is 32.9. The van der Waals surface area contributed by atoms with Gasteiger partial charge in [-0.2, -0.15) is 0 Å². The van der Waals surface area contributed by atoms with Gasteiger partial charge >= 0.3 is 0 Å². The molecule has 0 N–H and O–H groups in total. The summed E-state index contributed by atoms with van der Waals surface area (Å²) in [7, 11) is 0. The van der Waals surface area contributed by atoms with Crippen molar-refractivity contribution in [2.45, 2.75) is 13.2 Å². The van der Waals surface area contributed by atoms with E-state index in [4.69, 9.17) is 13.7 Å². The average Bonchev–Trinajstić information content (AvgIpc) is 3.56. The Balaban J connectivity index is 1.23. The highest BCUT2D eigenvalue weighted by molar-refractivity contribution is 6.21. The zero-order valence-corrected chi connectivity index (χ0v) is 22.9. The minimum absolute atomic E-state index is 0.166. The van der Waals surface area contributed by atoms with Crippen molar-refractivity contribution in [3.8, 4) is 39.1 Å². The fraction of sp³-hybridized carbons (Fsp3) is 0.0488. The molecule has 0 bridgehead atoms. The first-order valence-electron chi connectivity index (χ1n) is 19.0. The van der Waals surface area contributed by atoms with Gasteiger partial charge < -0.3 is 0 Å². The molecular weight excluding hydrogens is 520 g/mol. The normalized spacial score (nSPS) is 15.4. The Morgan fingerprint density at radius 3 is 1.70 bits per heavy atom. The molecule has 2 nitrogen and oxygen atoms in total. The molecule has 0 aliphatic rings. The van der Waals surface area contributed by atoms with Crippen LogP contribution in [0.2, 0.25) is 0 Å². The van der Waals surface area contributed by atoms with Crippen LogP contribution < -0.4 is 0 Å². The third kappa shape index (κ3) is 4.23. The predicted molar refractivity (Wildman–Crippen MR) is 182 cm³/mol. The number of nitrogens with zero attached hydrogens (tertiary/aromatic N) is 2. The van der Waals surface area contributed by atoms with Crippen molar-refractivity contribution in [1.29, 1.82) is 0 Å². The summed E-state index contributed by atoms with van der Waals surface area (Å²) in [5.74, 6) is -0.187. The standard InChI is InChI=1S/C41H30N2/c1-2-39-42-37-18-10-11-19-38(37)43(39)32-26-24-29(25-27-32)28-20-22-31(23-21-28)41-35-16-8-6-14-33(35)40(30-12-4-3-5-13-30)34-15-7-9-17-36(34)41/h3-27H,2H2,1H3/i1D3,2D2,3D,4D,5D,12D,13D. The van der Waals surface area contributed by atoms with Crippen LogP contribution in [0, 0.1) is 0 Å². The van der Waals surface area contributed by atoms with E-state index in [1.165, 1.54) is 0 Å². The lowest BCUT2D eigenvalue weighted by atomic mass is 9.86. The Kier molecular flexibility index (Phi) is 4.08. The van der Waals surface area contributed by atoms with Crippen LogP contribution in [0.5, 0.6) is 0 Å². The lowest BCUT2D eigenvalue weighted by Gasteiger charge is -2.18. The van der Waals surface area contributed by atoms with E-state index in [-0.39, 0.29) is 35.6 Å². The van der Waals surface area contributed by atoms with E-state index in [0.29, 0.717) is 22.3 Å². The molecular formula is C41H30N2. The molecule has 7 aromatic carbocycles. The van der Waals surface area contributed by atoms with E-state index in [1.807, 2.05) is 97.1 Å². The molecule has 0 saturated heterocycles. The summed E-state index contributed by atoms with van der Waals surface area (Å²) in [6.45, 7) is -2.93. The van der Waals surface area contributed by atoms with Crippen LogP contribution in [-0.4, -0.2) is 9.55 Å². The van der Waals surface area contributed by atoms with Gasteiger partial charge in [-0.3, -0.25) is 4.57 Å². The molecule has 0 amide bonds. The molecule has 0 aliphatic carbocycles. The van der Waals surface area contributed by atoms with Gasteiger partial charge in [0.1, 0.15) is 5.82 Å². The summed E-state index contributed by atoms with van der Waals surface area (Å²) in [4.78, 5) is 4.42. The van der Waals surface area contributed by atoms with Crippen molar-refractivity contribution in [2.75, 3.05) is 0 Å². The lowest BCUT2D eigenvalue weighted by molar-refractivity contribution is 0.908. The summed E-state index contributed by atoms with van der Waals surface area (Å²) < 4.78 is 84.6. The summed E-state index contributed by atoms with van der Waals surface area (Å²) in [6.07, 6.45) is -2.69. The maximum atomic E-state index is 8.78. The van der Waals surface area contributed by atoms with E-state index in [0.717, 1.165) is 43.8 Å². The number of aromatic nitrogens is 2. The van der Waals surface area contributed by atoms with Gasteiger partial charge in [0.2, 0.25) is 0 Å². The highest BCUT2D eigenvalue weighted by Gasteiger charge is 2.16. The number of hydrogen-bond donors (Lipinski definition) is 0. The number of para-hydroxylation sites is 2. The molecule has 8 rings (SSSR count). The number of hydrogen-bond acceptors (Lipinski definition) is 1. The Morgan fingerprint density at radius 2 is 1.09 bits per heavy atom. The second-order valence-electron chi connectivity index (χ2n) is 10.3. The third-order valence-corrected chi connectivity index (χ3v) is 7.99. The quantitative estimate of drug-likeness (QED) is 0.191.